The van der Waals surface area contributed by atoms with Gasteiger partial charge in [0, 0.05) is 33.4 Å². The van der Waals surface area contributed by atoms with E-state index in [9.17, 15) is 9.59 Å². The second-order valence-electron chi connectivity index (χ2n) is 7.62. The Labute approximate surface area is 210 Å². The molecule has 0 aliphatic rings. The fourth-order valence-corrected chi connectivity index (χ4v) is 4.70. The predicted molar refractivity (Wildman–Crippen MR) is 137 cm³/mol. The van der Waals surface area contributed by atoms with Gasteiger partial charge in [-0.3, -0.25) is 9.59 Å². The molecule has 2 rings (SSSR count). The van der Waals surface area contributed by atoms with Crippen LogP contribution >= 0.6 is 46.6 Å². The Morgan fingerprint density at radius 3 is 2.38 bits per heavy atom. The Morgan fingerprint density at radius 1 is 1.03 bits per heavy atom. The molecule has 2 aromatic carbocycles. The molecule has 8 heteroatoms. The maximum atomic E-state index is 13.3. The van der Waals surface area contributed by atoms with Crippen molar-refractivity contribution < 1.29 is 9.59 Å². The summed E-state index contributed by atoms with van der Waals surface area (Å²) in [5, 5.41) is 4.67. The number of nitrogens with zero attached hydrogens (tertiary/aromatic N) is 1. The number of amides is 2. The molecular weight excluding hydrogens is 487 g/mol. The standard InChI is InChI=1S/C24H29Cl3N2O2S/c1-4-16(3)28-24(31)22(5-2)29(13-18-9-10-20(26)12-21(18)27)23(30)15-32-14-17-7-6-8-19(25)11-17/h6-12,16,22H,4-5,13-15H2,1-3H3,(H,28,31)/t16-,22-/m1/s1. The molecule has 0 aliphatic heterocycles. The summed E-state index contributed by atoms with van der Waals surface area (Å²) >= 11 is 19.9. The van der Waals surface area contributed by atoms with Crippen molar-refractivity contribution in [3.8, 4) is 0 Å². The van der Waals surface area contributed by atoms with Crippen LogP contribution in [0.15, 0.2) is 42.5 Å². The number of rotatable bonds is 11. The Morgan fingerprint density at radius 2 is 1.75 bits per heavy atom. The van der Waals surface area contributed by atoms with Gasteiger partial charge in [-0.1, -0.05) is 66.8 Å². The minimum Gasteiger partial charge on any atom is -0.352 e. The average molecular weight is 516 g/mol. The molecule has 0 fully saturated rings. The monoisotopic (exact) mass is 514 g/mol. The van der Waals surface area contributed by atoms with E-state index in [1.54, 1.807) is 23.1 Å². The van der Waals surface area contributed by atoms with Crippen LogP contribution < -0.4 is 5.32 Å². The third kappa shape index (κ3) is 8.18. The van der Waals surface area contributed by atoms with Gasteiger partial charge in [0.1, 0.15) is 6.04 Å². The lowest BCUT2D eigenvalue weighted by molar-refractivity contribution is -0.139. The third-order valence-electron chi connectivity index (χ3n) is 5.13. The molecule has 174 valence electrons. The first kappa shape index (κ1) is 26.8. The maximum absolute atomic E-state index is 13.3. The number of thioether (sulfide) groups is 1. The zero-order valence-corrected chi connectivity index (χ0v) is 21.6. The summed E-state index contributed by atoms with van der Waals surface area (Å²) in [7, 11) is 0. The average Bonchev–Trinajstić information content (AvgIpc) is 2.74. The molecule has 0 saturated carbocycles. The van der Waals surface area contributed by atoms with E-state index in [0.717, 1.165) is 17.5 Å². The van der Waals surface area contributed by atoms with E-state index in [1.807, 2.05) is 45.0 Å². The van der Waals surface area contributed by atoms with Gasteiger partial charge in [-0.2, -0.15) is 0 Å². The molecule has 0 spiro atoms. The van der Waals surface area contributed by atoms with Gasteiger partial charge in [-0.05, 0) is 55.2 Å². The van der Waals surface area contributed by atoms with Crippen LogP contribution in [-0.2, 0) is 21.9 Å². The predicted octanol–water partition coefficient (Wildman–Crippen LogP) is 6.60. The summed E-state index contributed by atoms with van der Waals surface area (Å²) in [6.07, 6.45) is 1.31. The van der Waals surface area contributed by atoms with Gasteiger partial charge in [-0.25, -0.2) is 0 Å². The first-order valence-electron chi connectivity index (χ1n) is 10.6. The molecule has 0 radical (unpaired) electrons. The van der Waals surface area contributed by atoms with Crippen LogP contribution in [0.3, 0.4) is 0 Å². The molecule has 1 N–H and O–H groups in total. The van der Waals surface area contributed by atoms with Crippen molar-refractivity contribution in [3.63, 3.8) is 0 Å². The van der Waals surface area contributed by atoms with Gasteiger partial charge in [0.05, 0.1) is 5.75 Å². The molecule has 0 bridgehead atoms. The van der Waals surface area contributed by atoms with Gasteiger partial charge in [0.15, 0.2) is 0 Å². The van der Waals surface area contributed by atoms with Crippen molar-refractivity contribution in [1.82, 2.24) is 10.2 Å². The summed E-state index contributed by atoms with van der Waals surface area (Å²) in [5.41, 5.74) is 1.79. The minimum atomic E-state index is -0.588. The second kappa shape index (κ2) is 13.3. The number of carbonyl (C=O) groups excluding carboxylic acids is 2. The number of carbonyl (C=O) groups is 2. The van der Waals surface area contributed by atoms with Crippen molar-refractivity contribution in [1.29, 1.82) is 0 Å². The first-order chi connectivity index (χ1) is 15.2. The zero-order valence-electron chi connectivity index (χ0n) is 18.5. The molecule has 2 atom stereocenters. The summed E-state index contributed by atoms with van der Waals surface area (Å²) in [4.78, 5) is 27.9. The van der Waals surface area contributed by atoms with E-state index in [4.69, 9.17) is 34.8 Å². The smallest absolute Gasteiger partial charge is 0.243 e. The van der Waals surface area contributed by atoms with Gasteiger partial charge >= 0.3 is 0 Å². The van der Waals surface area contributed by atoms with E-state index in [-0.39, 0.29) is 30.2 Å². The molecule has 0 unspecified atom stereocenters. The van der Waals surface area contributed by atoms with E-state index < -0.39 is 6.04 Å². The minimum absolute atomic E-state index is 0.0322. The number of hydrogen-bond acceptors (Lipinski definition) is 3. The van der Waals surface area contributed by atoms with E-state index >= 15 is 0 Å². The SMILES string of the molecule is CC[C@@H](C)NC(=O)[C@@H](CC)N(Cc1ccc(Cl)cc1Cl)C(=O)CSCc1cccc(Cl)c1. The third-order valence-corrected chi connectivity index (χ3v) is 6.94. The Bertz CT molecular complexity index is 926. The van der Waals surface area contributed by atoms with E-state index in [0.29, 0.717) is 27.2 Å². The summed E-state index contributed by atoms with van der Waals surface area (Å²) in [6.45, 7) is 6.10. The van der Waals surface area contributed by atoms with Crippen LogP contribution in [0.4, 0.5) is 0 Å². The summed E-state index contributed by atoms with van der Waals surface area (Å²) in [5.74, 6) is 0.622. The first-order valence-corrected chi connectivity index (χ1v) is 12.9. The fraction of sp³-hybridized carbons (Fsp3) is 0.417. The van der Waals surface area contributed by atoms with Crippen LogP contribution in [-0.4, -0.2) is 34.6 Å². The lowest BCUT2D eigenvalue weighted by Gasteiger charge is -2.31. The molecule has 0 aromatic heterocycles. The van der Waals surface area contributed by atoms with E-state index in [1.165, 1.54) is 11.8 Å². The molecule has 32 heavy (non-hydrogen) atoms. The van der Waals surface area contributed by atoms with Crippen molar-refractivity contribution in [2.24, 2.45) is 0 Å². The number of benzene rings is 2. The van der Waals surface area contributed by atoms with Crippen LogP contribution in [0.1, 0.15) is 44.7 Å². The highest BCUT2D eigenvalue weighted by atomic mass is 35.5. The molecule has 0 saturated heterocycles. The quantitative estimate of drug-likeness (QED) is 0.367. The number of halogens is 3. The molecule has 2 aromatic rings. The van der Waals surface area contributed by atoms with E-state index in [2.05, 4.69) is 5.32 Å². The highest BCUT2D eigenvalue weighted by Crippen LogP contribution is 2.25. The largest absolute Gasteiger partial charge is 0.352 e. The Kier molecular flexibility index (Phi) is 11.2. The van der Waals surface area contributed by atoms with Crippen molar-refractivity contribution in [2.45, 2.75) is 58.0 Å². The number of hydrogen-bond donors (Lipinski definition) is 1. The number of nitrogens with one attached hydrogen (secondary N) is 1. The van der Waals surface area contributed by atoms with Crippen molar-refractivity contribution in [2.75, 3.05) is 5.75 Å². The van der Waals surface area contributed by atoms with Crippen molar-refractivity contribution >= 4 is 58.4 Å². The highest BCUT2D eigenvalue weighted by molar-refractivity contribution is 7.99. The highest BCUT2D eigenvalue weighted by Gasteiger charge is 2.29. The molecule has 0 aliphatic carbocycles. The maximum Gasteiger partial charge on any atom is 0.243 e. The zero-order chi connectivity index (χ0) is 23.7. The fourth-order valence-electron chi connectivity index (χ4n) is 3.16. The lowest BCUT2D eigenvalue weighted by Crippen LogP contribution is -2.51. The van der Waals surface area contributed by atoms with Crippen LogP contribution in [0.25, 0.3) is 0 Å². The van der Waals surface area contributed by atoms with Gasteiger partial charge in [0.2, 0.25) is 11.8 Å². The van der Waals surface area contributed by atoms with Gasteiger partial charge in [-0.15, -0.1) is 11.8 Å². The summed E-state index contributed by atoms with van der Waals surface area (Å²) < 4.78 is 0. The Balaban J connectivity index is 2.18. The molecule has 4 nitrogen and oxygen atoms in total. The molecular formula is C24H29Cl3N2O2S. The van der Waals surface area contributed by atoms with Gasteiger partial charge < -0.3 is 10.2 Å². The topological polar surface area (TPSA) is 49.4 Å². The normalized spacial score (nSPS) is 12.8. The van der Waals surface area contributed by atoms with Crippen molar-refractivity contribution in [3.05, 3.63) is 68.7 Å². The second-order valence-corrected chi connectivity index (χ2v) is 9.89. The molecule has 2 amide bonds. The summed E-state index contributed by atoms with van der Waals surface area (Å²) in [6, 6.07) is 12.2. The van der Waals surface area contributed by atoms with Gasteiger partial charge in [0.25, 0.3) is 0 Å². The van der Waals surface area contributed by atoms with Crippen LogP contribution in [0.5, 0.6) is 0 Å². The van der Waals surface area contributed by atoms with Crippen LogP contribution in [0.2, 0.25) is 15.1 Å². The Hall–Kier alpha value is -1.40. The molecule has 0 heterocycles. The lowest BCUT2D eigenvalue weighted by atomic mass is 10.1. The van der Waals surface area contributed by atoms with Crippen LogP contribution in [0, 0.1) is 0 Å².